The zero-order valence-electron chi connectivity index (χ0n) is 13.0. The molecule has 0 aliphatic heterocycles. The molecule has 1 N–H and O–H groups in total. The molecule has 1 aromatic heterocycles. The van der Waals surface area contributed by atoms with E-state index >= 15 is 0 Å². The predicted molar refractivity (Wildman–Crippen MR) is 97.5 cm³/mol. The SMILES string of the molecule is CC(C)c1ccc(CC(=O)Nc2nc3ccc(Cl)cc3s2)cc1. The van der Waals surface area contributed by atoms with E-state index in [-0.39, 0.29) is 5.91 Å². The number of amides is 1. The molecule has 0 aliphatic rings. The Hall–Kier alpha value is -1.91. The van der Waals surface area contributed by atoms with Gasteiger partial charge in [0, 0.05) is 5.02 Å². The fourth-order valence-electron chi connectivity index (χ4n) is 2.32. The summed E-state index contributed by atoms with van der Waals surface area (Å²) in [6.07, 6.45) is 0.342. The number of halogens is 1. The summed E-state index contributed by atoms with van der Waals surface area (Å²) in [7, 11) is 0. The van der Waals surface area contributed by atoms with Gasteiger partial charge in [-0.1, -0.05) is 61.1 Å². The summed E-state index contributed by atoms with van der Waals surface area (Å²) >= 11 is 7.40. The van der Waals surface area contributed by atoms with Gasteiger partial charge in [0.1, 0.15) is 0 Å². The first-order chi connectivity index (χ1) is 11.0. The van der Waals surface area contributed by atoms with Gasteiger partial charge in [-0.2, -0.15) is 0 Å². The fourth-order valence-corrected chi connectivity index (χ4v) is 3.48. The average molecular weight is 345 g/mol. The maximum atomic E-state index is 12.2. The standard InChI is InChI=1S/C18H17ClN2OS/c1-11(2)13-5-3-12(4-6-13)9-17(22)21-18-20-15-8-7-14(19)10-16(15)23-18/h3-8,10-11H,9H2,1-2H3,(H,20,21,22). The van der Waals surface area contributed by atoms with Gasteiger partial charge in [0.2, 0.25) is 5.91 Å². The van der Waals surface area contributed by atoms with E-state index in [9.17, 15) is 4.79 Å². The number of fused-ring (bicyclic) bond motifs is 1. The molecule has 1 heterocycles. The van der Waals surface area contributed by atoms with E-state index in [1.165, 1.54) is 16.9 Å². The Bertz CT molecular complexity index is 840. The average Bonchev–Trinajstić information content (AvgIpc) is 2.88. The van der Waals surface area contributed by atoms with E-state index in [0.717, 1.165) is 15.8 Å². The second-order valence-electron chi connectivity index (χ2n) is 5.75. The smallest absolute Gasteiger partial charge is 0.230 e. The molecule has 3 rings (SSSR count). The highest BCUT2D eigenvalue weighted by atomic mass is 35.5. The molecule has 3 aromatic rings. The van der Waals surface area contributed by atoms with Crippen molar-refractivity contribution < 1.29 is 4.79 Å². The number of rotatable bonds is 4. The molecule has 0 radical (unpaired) electrons. The van der Waals surface area contributed by atoms with Crippen molar-refractivity contribution in [2.24, 2.45) is 0 Å². The molecule has 0 fully saturated rings. The number of hydrogen-bond acceptors (Lipinski definition) is 3. The zero-order valence-corrected chi connectivity index (χ0v) is 14.5. The van der Waals surface area contributed by atoms with Crippen LogP contribution in [0.15, 0.2) is 42.5 Å². The quantitative estimate of drug-likeness (QED) is 0.702. The molecule has 0 unspecified atom stereocenters. The second kappa shape index (κ2) is 6.69. The van der Waals surface area contributed by atoms with Crippen LogP contribution in [0.25, 0.3) is 10.2 Å². The third kappa shape index (κ3) is 3.89. The predicted octanol–water partition coefficient (Wildman–Crippen LogP) is 5.25. The molecule has 23 heavy (non-hydrogen) atoms. The highest BCUT2D eigenvalue weighted by molar-refractivity contribution is 7.22. The number of nitrogens with one attached hydrogen (secondary N) is 1. The molecule has 0 atom stereocenters. The topological polar surface area (TPSA) is 42.0 Å². The van der Waals surface area contributed by atoms with Crippen LogP contribution >= 0.6 is 22.9 Å². The number of hydrogen-bond donors (Lipinski definition) is 1. The number of thiazole rings is 1. The number of carbonyl (C=O) groups excluding carboxylic acids is 1. The summed E-state index contributed by atoms with van der Waals surface area (Å²) in [6, 6.07) is 13.7. The maximum Gasteiger partial charge on any atom is 0.230 e. The highest BCUT2D eigenvalue weighted by Crippen LogP contribution is 2.28. The van der Waals surface area contributed by atoms with Crippen molar-refractivity contribution in [2.75, 3.05) is 5.32 Å². The molecule has 0 bridgehead atoms. The summed E-state index contributed by atoms with van der Waals surface area (Å²) in [5.41, 5.74) is 3.12. The summed E-state index contributed by atoms with van der Waals surface area (Å²) in [4.78, 5) is 16.6. The monoisotopic (exact) mass is 344 g/mol. The number of anilines is 1. The van der Waals surface area contributed by atoms with Crippen molar-refractivity contribution in [1.82, 2.24) is 4.98 Å². The normalized spacial score (nSPS) is 11.1. The van der Waals surface area contributed by atoms with Crippen LogP contribution in [0.1, 0.15) is 30.9 Å². The summed E-state index contributed by atoms with van der Waals surface area (Å²) in [5.74, 6) is 0.430. The third-order valence-corrected chi connectivity index (χ3v) is 4.78. The van der Waals surface area contributed by atoms with Gasteiger partial charge in [-0.25, -0.2) is 4.98 Å². The van der Waals surface area contributed by atoms with Crippen molar-refractivity contribution in [3.8, 4) is 0 Å². The van der Waals surface area contributed by atoms with Gasteiger partial charge in [0.15, 0.2) is 5.13 Å². The van der Waals surface area contributed by atoms with E-state index in [1.807, 2.05) is 24.3 Å². The lowest BCUT2D eigenvalue weighted by molar-refractivity contribution is -0.115. The van der Waals surface area contributed by atoms with E-state index in [2.05, 4.69) is 36.3 Å². The molecule has 0 aliphatic carbocycles. The fraction of sp³-hybridized carbons (Fsp3) is 0.222. The van der Waals surface area contributed by atoms with Gasteiger partial charge in [-0.3, -0.25) is 4.79 Å². The molecule has 3 nitrogen and oxygen atoms in total. The molecular formula is C18H17ClN2OS. The minimum absolute atomic E-state index is 0.0625. The Labute approximate surface area is 144 Å². The Kier molecular flexibility index (Phi) is 4.64. The van der Waals surface area contributed by atoms with Gasteiger partial charge in [-0.15, -0.1) is 0 Å². The molecular weight excluding hydrogens is 328 g/mol. The highest BCUT2D eigenvalue weighted by Gasteiger charge is 2.09. The lowest BCUT2D eigenvalue weighted by Crippen LogP contribution is -2.14. The van der Waals surface area contributed by atoms with Gasteiger partial charge in [-0.05, 0) is 35.2 Å². The van der Waals surface area contributed by atoms with Gasteiger partial charge in [0.05, 0.1) is 16.6 Å². The van der Waals surface area contributed by atoms with E-state index in [1.54, 1.807) is 6.07 Å². The van der Waals surface area contributed by atoms with Crippen LogP contribution < -0.4 is 5.32 Å². The molecule has 118 valence electrons. The van der Waals surface area contributed by atoms with Crippen LogP contribution in [0.4, 0.5) is 5.13 Å². The summed E-state index contributed by atoms with van der Waals surface area (Å²) in [5, 5.41) is 4.14. The lowest BCUT2D eigenvalue weighted by atomic mass is 10.0. The number of benzene rings is 2. The largest absolute Gasteiger partial charge is 0.302 e. The number of carbonyl (C=O) groups is 1. The molecule has 0 saturated carbocycles. The number of nitrogens with zero attached hydrogens (tertiary/aromatic N) is 1. The van der Waals surface area contributed by atoms with Crippen LogP contribution in [-0.2, 0) is 11.2 Å². The Morgan fingerprint density at radius 2 is 1.96 bits per heavy atom. The Morgan fingerprint density at radius 3 is 2.65 bits per heavy atom. The van der Waals surface area contributed by atoms with Crippen LogP contribution in [0.3, 0.4) is 0 Å². The minimum atomic E-state index is -0.0625. The van der Waals surface area contributed by atoms with Crippen molar-refractivity contribution in [1.29, 1.82) is 0 Å². The zero-order chi connectivity index (χ0) is 16.4. The Morgan fingerprint density at radius 1 is 1.22 bits per heavy atom. The summed E-state index contributed by atoms with van der Waals surface area (Å²) < 4.78 is 0.967. The van der Waals surface area contributed by atoms with Crippen molar-refractivity contribution >= 4 is 44.2 Å². The summed E-state index contributed by atoms with van der Waals surface area (Å²) in [6.45, 7) is 4.31. The van der Waals surface area contributed by atoms with E-state index in [0.29, 0.717) is 22.5 Å². The molecule has 0 saturated heterocycles. The van der Waals surface area contributed by atoms with Crippen LogP contribution in [-0.4, -0.2) is 10.9 Å². The van der Waals surface area contributed by atoms with Gasteiger partial charge < -0.3 is 5.32 Å². The lowest BCUT2D eigenvalue weighted by Gasteiger charge is -2.06. The maximum absolute atomic E-state index is 12.2. The van der Waals surface area contributed by atoms with Gasteiger partial charge >= 0.3 is 0 Å². The molecule has 0 spiro atoms. The van der Waals surface area contributed by atoms with Crippen LogP contribution in [0.2, 0.25) is 5.02 Å². The minimum Gasteiger partial charge on any atom is -0.302 e. The van der Waals surface area contributed by atoms with Crippen LogP contribution in [0, 0.1) is 0 Å². The van der Waals surface area contributed by atoms with Crippen molar-refractivity contribution in [3.05, 3.63) is 58.6 Å². The van der Waals surface area contributed by atoms with Crippen LogP contribution in [0.5, 0.6) is 0 Å². The van der Waals surface area contributed by atoms with Crippen molar-refractivity contribution in [3.63, 3.8) is 0 Å². The third-order valence-electron chi connectivity index (χ3n) is 3.61. The molecule has 5 heteroatoms. The first kappa shape index (κ1) is 16.0. The molecule has 1 amide bonds. The first-order valence-corrected chi connectivity index (χ1v) is 8.65. The Balaban J connectivity index is 1.68. The number of aromatic nitrogens is 1. The van der Waals surface area contributed by atoms with E-state index < -0.39 is 0 Å². The molecule has 2 aromatic carbocycles. The van der Waals surface area contributed by atoms with Crippen molar-refractivity contribution in [2.45, 2.75) is 26.2 Å². The van der Waals surface area contributed by atoms with E-state index in [4.69, 9.17) is 11.6 Å². The first-order valence-electron chi connectivity index (χ1n) is 7.46. The second-order valence-corrected chi connectivity index (χ2v) is 7.22. The van der Waals surface area contributed by atoms with Gasteiger partial charge in [0.25, 0.3) is 0 Å².